The quantitative estimate of drug-likeness (QED) is 0.585. The fourth-order valence-electron chi connectivity index (χ4n) is 4.38. The summed E-state index contributed by atoms with van der Waals surface area (Å²) in [6.07, 6.45) is 1.89. The minimum Gasteiger partial charge on any atom is -0.495 e. The average Bonchev–Trinajstić information content (AvgIpc) is 2.73. The Morgan fingerprint density at radius 2 is 1.81 bits per heavy atom. The van der Waals surface area contributed by atoms with Crippen LogP contribution in [0.15, 0.2) is 12.1 Å². The van der Waals surface area contributed by atoms with E-state index in [2.05, 4.69) is 14.6 Å². The van der Waals surface area contributed by atoms with Gasteiger partial charge in [-0.15, -0.1) is 0 Å². The molecular formula is C23H35N5O3. The zero-order valence-electron chi connectivity index (χ0n) is 19.2. The number of amides is 1. The highest BCUT2D eigenvalue weighted by Gasteiger charge is 2.31. The van der Waals surface area contributed by atoms with Crippen molar-refractivity contribution in [3.8, 4) is 5.75 Å². The molecule has 0 saturated carbocycles. The summed E-state index contributed by atoms with van der Waals surface area (Å²) < 4.78 is 10.9. The minimum absolute atomic E-state index is 0.216. The van der Waals surface area contributed by atoms with Crippen molar-refractivity contribution >= 4 is 17.5 Å². The largest absolute Gasteiger partial charge is 0.495 e. The zero-order valence-corrected chi connectivity index (χ0v) is 19.2. The fourth-order valence-corrected chi connectivity index (χ4v) is 4.38. The molecule has 8 nitrogen and oxygen atoms in total. The van der Waals surface area contributed by atoms with Crippen molar-refractivity contribution in [3.05, 3.63) is 29.1 Å². The molecule has 2 saturated heterocycles. The van der Waals surface area contributed by atoms with Crippen molar-refractivity contribution in [3.63, 3.8) is 0 Å². The highest BCUT2D eigenvalue weighted by molar-refractivity contribution is 5.68. The second-order valence-corrected chi connectivity index (χ2v) is 9.26. The number of methoxy groups -OCH3 is 1. The third kappa shape index (κ3) is 5.73. The van der Waals surface area contributed by atoms with Crippen LogP contribution in [0.2, 0.25) is 0 Å². The van der Waals surface area contributed by atoms with Crippen LogP contribution < -0.4 is 15.4 Å². The number of nitrogen functional groups attached to an aromatic ring is 1. The number of rotatable bonds is 4. The molecule has 3 rings (SSSR count). The van der Waals surface area contributed by atoms with E-state index in [0.717, 1.165) is 50.3 Å². The SMILES string of the molecule is [C-]#[N+]Cc1cc(N)c(OC)cc1N1CCC(N2CCN(C(=O)OC(C)(C)C)CC2)CC1. The van der Waals surface area contributed by atoms with Crippen molar-refractivity contribution in [2.75, 3.05) is 57.0 Å². The topological polar surface area (TPSA) is 75.6 Å². The zero-order chi connectivity index (χ0) is 22.6. The molecular weight excluding hydrogens is 394 g/mol. The van der Waals surface area contributed by atoms with Crippen LogP contribution in [0.1, 0.15) is 39.2 Å². The van der Waals surface area contributed by atoms with E-state index >= 15 is 0 Å². The van der Waals surface area contributed by atoms with E-state index in [9.17, 15) is 4.79 Å². The van der Waals surface area contributed by atoms with Gasteiger partial charge in [-0.25, -0.2) is 11.4 Å². The van der Waals surface area contributed by atoms with Crippen molar-refractivity contribution in [1.82, 2.24) is 9.80 Å². The first-order valence-corrected chi connectivity index (χ1v) is 11.0. The first-order chi connectivity index (χ1) is 14.7. The van der Waals surface area contributed by atoms with Gasteiger partial charge in [0.25, 0.3) is 0 Å². The summed E-state index contributed by atoms with van der Waals surface area (Å²) in [5.41, 5.74) is 8.18. The summed E-state index contributed by atoms with van der Waals surface area (Å²) in [7, 11) is 1.62. The van der Waals surface area contributed by atoms with Crippen LogP contribution in [-0.2, 0) is 11.3 Å². The Morgan fingerprint density at radius 1 is 1.16 bits per heavy atom. The number of hydrogen-bond donors (Lipinski definition) is 1. The Labute approximate surface area is 185 Å². The number of carbonyl (C=O) groups is 1. The van der Waals surface area contributed by atoms with E-state index < -0.39 is 5.60 Å². The van der Waals surface area contributed by atoms with Gasteiger partial charge in [0.15, 0.2) is 0 Å². The van der Waals surface area contributed by atoms with E-state index in [1.165, 1.54) is 0 Å². The highest BCUT2D eigenvalue weighted by Crippen LogP contribution is 2.34. The van der Waals surface area contributed by atoms with E-state index in [1.807, 2.05) is 37.8 Å². The monoisotopic (exact) mass is 429 g/mol. The molecule has 2 aliphatic heterocycles. The van der Waals surface area contributed by atoms with E-state index in [-0.39, 0.29) is 6.09 Å². The summed E-state index contributed by atoms with van der Waals surface area (Å²) in [4.78, 5) is 22.5. The van der Waals surface area contributed by atoms with E-state index in [0.29, 0.717) is 37.1 Å². The second kappa shape index (κ2) is 9.65. The molecule has 0 bridgehead atoms. The summed E-state index contributed by atoms with van der Waals surface area (Å²) in [6.45, 7) is 18.3. The molecule has 0 aromatic heterocycles. The molecule has 0 unspecified atom stereocenters. The number of hydrogen-bond acceptors (Lipinski definition) is 6. The number of nitrogens with two attached hydrogens (primary N) is 1. The lowest BCUT2D eigenvalue weighted by molar-refractivity contribution is 0.00902. The maximum absolute atomic E-state index is 12.3. The third-order valence-electron chi connectivity index (χ3n) is 5.97. The standard InChI is InChI=1S/C23H35N5O3/c1-23(2,3)31-22(29)28-12-10-26(11-13-28)18-6-8-27(9-7-18)20-15-21(30-5)19(24)14-17(20)16-25-4/h14-15,18H,6-13,16,24H2,1-3,5H3. The molecule has 2 aliphatic rings. The van der Waals surface area contributed by atoms with Crippen molar-refractivity contribution in [1.29, 1.82) is 0 Å². The maximum Gasteiger partial charge on any atom is 0.410 e. The number of benzene rings is 1. The molecule has 170 valence electrons. The molecule has 0 radical (unpaired) electrons. The van der Waals surface area contributed by atoms with Gasteiger partial charge in [-0.05, 0) is 39.7 Å². The molecule has 2 N–H and O–H groups in total. The molecule has 2 heterocycles. The number of piperazine rings is 1. The van der Waals surface area contributed by atoms with Crippen LogP contribution in [0.25, 0.3) is 4.85 Å². The van der Waals surface area contributed by atoms with Crippen LogP contribution in [0.5, 0.6) is 5.75 Å². The van der Waals surface area contributed by atoms with Gasteiger partial charge in [0.05, 0.1) is 24.0 Å². The number of ether oxygens (including phenoxy) is 2. The lowest BCUT2D eigenvalue weighted by Crippen LogP contribution is -2.55. The number of nitrogens with zero attached hydrogens (tertiary/aromatic N) is 4. The van der Waals surface area contributed by atoms with Gasteiger partial charge in [0.2, 0.25) is 6.54 Å². The predicted molar refractivity (Wildman–Crippen MR) is 122 cm³/mol. The normalized spacial score (nSPS) is 18.5. The van der Waals surface area contributed by atoms with Gasteiger partial charge >= 0.3 is 6.09 Å². The lowest BCUT2D eigenvalue weighted by Gasteiger charge is -2.43. The summed E-state index contributed by atoms with van der Waals surface area (Å²) in [5.74, 6) is 0.657. The molecule has 0 aliphatic carbocycles. The molecule has 31 heavy (non-hydrogen) atoms. The Kier molecular flexibility index (Phi) is 7.16. The number of carbonyl (C=O) groups excluding carboxylic acids is 1. The smallest absolute Gasteiger partial charge is 0.410 e. The molecule has 1 aromatic carbocycles. The van der Waals surface area contributed by atoms with E-state index in [4.69, 9.17) is 21.8 Å². The second-order valence-electron chi connectivity index (χ2n) is 9.26. The number of piperidine rings is 1. The molecule has 2 fully saturated rings. The number of anilines is 2. The molecule has 0 atom stereocenters. The Morgan fingerprint density at radius 3 is 2.35 bits per heavy atom. The van der Waals surface area contributed by atoms with Crippen LogP contribution in [0.4, 0.5) is 16.2 Å². The average molecular weight is 430 g/mol. The van der Waals surface area contributed by atoms with E-state index in [1.54, 1.807) is 7.11 Å². The highest BCUT2D eigenvalue weighted by atomic mass is 16.6. The minimum atomic E-state index is -0.460. The molecule has 8 heteroatoms. The van der Waals surface area contributed by atoms with Gasteiger partial charge < -0.3 is 29.9 Å². The molecule has 0 spiro atoms. The summed E-state index contributed by atoms with van der Waals surface area (Å²) in [5, 5.41) is 0. The molecule has 1 aromatic rings. The van der Waals surface area contributed by atoms with Crippen molar-refractivity contribution in [2.45, 2.75) is 51.8 Å². The van der Waals surface area contributed by atoms with Gasteiger partial charge in [-0.3, -0.25) is 4.90 Å². The van der Waals surface area contributed by atoms with Gasteiger partial charge in [-0.2, -0.15) is 0 Å². The van der Waals surface area contributed by atoms with Crippen molar-refractivity contribution < 1.29 is 14.3 Å². The molecule has 1 amide bonds. The van der Waals surface area contributed by atoms with Crippen LogP contribution in [-0.4, -0.2) is 73.9 Å². The fraction of sp³-hybridized carbons (Fsp3) is 0.652. The predicted octanol–water partition coefficient (Wildman–Crippen LogP) is 3.22. The third-order valence-corrected chi connectivity index (χ3v) is 5.97. The Hall–Kier alpha value is -2.66. The van der Waals surface area contributed by atoms with Gasteiger partial charge in [0.1, 0.15) is 11.4 Å². The maximum atomic E-state index is 12.3. The van der Waals surface area contributed by atoms with Crippen LogP contribution >= 0.6 is 0 Å². The first kappa shape index (κ1) is 23.0. The Balaban J connectivity index is 1.56. The van der Waals surface area contributed by atoms with Crippen LogP contribution in [0, 0.1) is 6.57 Å². The summed E-state index contributed by atoms with van der Waals surface area (Å²) >= 11 is 0. The van der Waals surface area contributed by atoms with Crippen molar-refractivity contribution in [2.24, 2.45) is 0 Å². The van der Waals surface area contributed by atoms with Gasteiger partial charge in [0, 0.05) is 51.4 Å². The van der Waals surface area contributed by atoms with Gasteiger partial charge in [-0.1, -0.05) is 0 Å². The Bertz CT molecular complexity index is 814. The lowest BCUT2D eigenvalue weighted by atomic mass is 10.00. The summed E-state index contributed by atoms with van der Waals surface area (Å²) in [6, 6.07) is 4.35. The first-order valence-electron chi connectivity index (χ1n) is 11.0. The van der Waals surface area contributed by atoms with Crippen LogP contribution in [0.3, 0.4) is 0 Å².